The fraction of sp³-hybridized carbons (Fsp3) is 0.333. The third kappa shape index (κ3) is 13.2. The van der Waals surface area contributed by atoms with Gasteiger partial charge in [-0.25, -0.2) is 29.6 Å². The summed E-state index contributed by atoms with van der Waals surface area (Å²) < 4.78 is 16.5. The Bertz CT molecular complexity index is 4060. The highest BCUT2D eigenvalue weighted by atomic mass is 16.7. The number of para-hydroxylation sites is 1. The summed E-state index contributed by atoms with van der Waals surface area (Å²) in [6, 6.07) is 42.5. The van der Waals surface area contributed by atoms with E-state index < -0.39 is 36.7 Å². The first-order chi connectivity index (χ1) is 45.2. The van der Waals surface area contributed by atoms with Gasteiger partial charge in [0.25, 0.3) is 0 Å². The molecule has 5 fully saturated rings. The average molecular weight is 1260 g/mol. The van der Waals surface area contributed by atoms with Crippen LogP contribution in [0.25, 0.3) is 21.8 Å². The van der Waals surface area contributed by atoms with Crippen molar-refractivity contribution in [3.05, 3.63) is 204 Å². The Balaban J connectivity index is 0.685. The van der Waals surface area contributed by atoms with Crippen molar-refractivity contribution < 1.29 is 43.3 Å². The van der Waals surface area contributed by atoms with Gasteiger partial charge < -0.3 is 44.8 Å². The van der Waals surface area contributed by atoms with Crippen LogP contribution in [0.5, 0.6) is 11.5 Å². The van der Waals surface area contributed by atoms with E-state index in [0.29, 0.717) is 45.1 Å². The zero-order chi connectivity index (χ0) is 64.3. The van der Waals surface area contributed by atoms with Gasteiger partial charge in [0.05, 0.1) is 75.8 Å². The number of hydrazine groups is 2. The molecule has 93 heavy (non-hydrogen) atoms. The van der Waals surface area contributed by atoms with Gasteiger partial charge in [0.2, 0.25) is 29.9 Å². The fourth-order valence-corrected chi connectivity index (χ4v) is 13.5. The summed E-state index contributed by atoms with van der Waals surface area (Å²) in [4.78, 5) is 95.5. The average Bonchev–Trinajstić information content (AvgIpc) is 1.36. The summed E-state index contributed by atoms with van der Waals surface area (Å²) >= 11 is 0. The number of rotatable bonds is 19. The first-order valence-corrected chi connectivity index (χ1v) is 31.4. The number of hydrogen-bond donors (Lipinski definition) is 3. The molecule has 5 saturated heterocycles. The number of carbonyl (C=O) groups excluding carboxylic acids is 6. The molecule has 1 unspecified atom stereocenters. The van der Waals surface area contributed by atoms with E-state index in [-0.39, 0.29) is 101 Å². The van der Waals surface area contributed by atoms with Crippen LogP contribution >= 0.6 is 0 Å². The summed E-state index contributed by atoms with van der Waals surface area (Å²) in [5.41, 5.74) is 6.87. The van der Waals surface area contributed by atoms with Crippen molar-refractivity contribution in [2.45, 2.75) is 82.8 Å². The molecule has 0 radical (unpaired) electrons. The molecule has 2 aromatic heterocycles. The molecular weight excluding hydrogens is 1180 g/mol. The summed E-state index contributed by atoms with van der Waals surface area (Å²) in [6.45, 7) is 7.95. The smallest absolute Gasteiger partial charge is 0.334 e. The van der Waals surface area contributed by atoms with E-state index in [2.05, 4.69) is 27.2 Å². The lowest BCUT2D eigenvalue weighted by Gasteiger charge is -2.54. The number of phenolic OH excluding ortho intramolecular Hbond substituents is 1. The van der Waals surface area contributed by atoms with Crippen LogP contribution < -0.4 is 15.4 Å². The Kier molecular flexibility index (Phi) is 17.9. The van der Waals surface area contributed by atoms with Gasteiger partial charge in [-0.15, -0.1) is 6.58 Å². The van der Waals surface area contributed by atoms with E-state index in [4.69, 9.17) is 14.6 Å². The molecule has 3 N–H and O–H groups in total. The van der Waals surface area contributed by atoms with Crippen molar-refractivity contribution in [2.75, 3.05) is 66.5 Å². The Labute approximate surface area is 538 Å². The molecule has 8 amide bonds. The number of likely N-dealkylation sites (N-methyl/N-ethyl adjacent to an activating group) is 2. The molecular formula is C69H75N15O9. The number of nitrogens with zero attached hydrogens (tertiary/aromatic N) is 13. The number of piperazine rings is 2. The lowest BCUT2D eigenvalue weighted by atomic mass is 9.98. The number of urea groups is 2. The number of carbonyl (C=O) groups is 6. The van der Waals surface area contributed by atoms with Gasteiger partial charge in [0.1, 0.15) is 35.9 Å². The number of fused-ring (bicyclic) bond motifs is 4. The van der Waals surface area contributed by atoms with Crippen molar-refractivity contribution in [2.24, 2.45) is 0 Å². The van der Waals surface area contributed by atoms with Crippen molar-refractivity contribution in [3.8, 4) is 11.5 Å². The number of allylic oxidation sites excluding steroid dienone is 1. The Morgan fingerprint density at radius 3 is 1.78 bits per heavy atom. The minimum Gasteiger partial charge on any atom is -0.508 e. The number of aromatic nitrogens is 4. The highest BCUT2D eigenvalue weighted by molar-refractivity contribution is 5.93. The van der Waals surface area contributed by atoms with Gasteiger partial charge in [-0.1, -0.05) is 121 Å². The van der Waals surface area contributed by atoms with Crippen LogP contribution in [-0.2, 0) is 76.0 Å². The third-order valence-electron chi connectivity index (χ3n) is 18.1. The van der Waals surface area contributed by atoms with Crippen molar-refractivity contribution >= 4 is 57.5 Å². The van der Waals surface area contributed by atoms with Gasteiger partial charge in [0, 0.05) is 77.0 Å². The van der Waals surface area contributed by atoms with E-state index >= 15 is 0 Å². The zero-order valence-corrected chi connectivity index (χ0v) is 52.0. The maximum Gasteiger partial charge on any atom is 0.334 e. The van der Waals surface area contributed by atoms with Crippen molar-refractivity contribution in [1.82, 2.24) is 74.7 Å². The number of morpholine rings is 1. The Morgan fingerprint density at radius 2 is 1.18 bits per heavy atom. The highest BCUT2D eigenvalue weighted by Gasteiger charge is 2.52. The van der Waals surface area contributed by atoms with Crippen LogP contribution in [0, 0.1) is 0 Å². The molecule has 0 saturated carbocycles. The third-order valence-corrected chi connectivity index (χ3v) is 18.1. The van der Waals surface area contributed by atoms with Crippen LogP contribution in [0.3, 0.4) is 0 Å². The maximum atomic E-state index is 14.9. The van der Waals surface area contributed by atoms with E-state index in [1.165, 1.54) is 0 Å². The second-order valence-electron chi connectivity index (χ2n) is 24.3. The molecule has 480 valence electrons. The normalized spacial score (nSPS) is 20.7. The highest BCUT2D eigenvalue weighted by Crippen LogP contribution is 2.33. The van der Waals surface area contributed by atoms with Gasteiger partial charge in [-0.05, 0) is 63.7 Å². The van der Waals surface area contributed by atoms with Crippen LogP contribution in [0.2, 0.25) is 0 Å². The predicted molar refractivity (Wildman–Crippen MR) is 344 cm³/mol. The number of amides is 8. The fourth-order valence-electron chi connectivity index (χ4n) is 13.5. The first kappa shape index (κ1) is 61.7. The van der Waals surface area contributed by atoms with E-state index in [1.807, 2.05) is 137 Å². The predicted octanol–water partition coefficient (Wildman–Crippen LogP) is 5.38. The molecule has 24 heteroatoms. The number of hydrogen-bond acceptors (Lipinski definition) is 14. The number of nitrogens with one attached hydrogen (secondary N) is 2. The van der Waals surface area contributed by atoms with Crippen molar-refractivity contribution in [3.63, 3.8) is 0 Å². The van der Waals surface area contributed by atoms with Crippen LogP contribution in [-0.4, -0.2) is 202 Å². The SMILES string of the molecule is C=CCn1ncc2ccc(CN3C[C@H]4N(C(=O)CN(C)N4C(=O)NCc4ccccc4)[C@@H](Cc4ccc(OC5CN(CCn6ncc7cccc(CN8C[C@H]9N(C(=O)CN(C)N9C(=O)NCc9ccccc9)[C@@H](Cc9ccc(O)cc9)C8=O)c76)CCO5)cc4)C3=O)cc21. The monoisotopic (exact) mass is 1260 g/mol. The molecule has 5 aliphatic heterocycles. The van der Waals surface area contributed by atoms with Gasteiger partial charge in [0.15, 0.2) is 0 Å². The van der Waals surface area contributed by atoms with E-state index in [0.717, 1.165) is 55.2 Å². The number of phenols is 1. The molecule has 6 aromatic carbocycles. The molecule has 7 heterocycles. The molecule has 13 rings (SSSR count). The molecule has 24 nitrogen and oxygen atoms in total. The number of ether oxygens (including phenoxy) is 2. The van der Waals surface area contributed by atoms with Crippen LogP contribution in [0.4, 0.5) is 9.59 Å². The minimum atomic E-state index is -0.938. The van der Waals surface area contributed by atoms with E-state index in [9.17, 15) is 33.9 Å². The Hall–Kier alpha value is -10.1. The Morgan fingerprint density at radius 1 is 0.624 bits per heavy atom. The second-order valence-corrected chi connectivity index (χ2v) is 24.3. The molecule has 5 aliphatic rings. The summed E-state index contributed by atoms with van der Waals surface area (Å²) in [5.74, 6) is -0.366. The minimum absolute atomic E-state index is 0.0549. The topological polar surface area (TPSA) is 230 Å². The maximum absolute atomic E-state index is 14.9. The van der Waals surface area contributed by atoms with Crippen LogP contribution in [0.15, 0.2) is 171 Å². The number of benzene rings is 6. The quantitative estimate of drug-likeness (QED) is 0.0865. The summed E-state index contributed by atoms with van der Waals surface area (Å²) in [6.07, 6.45) is 3.54. The molecule has 5 atom stereocenters. The largest absolute Gasteiger partial charge is 0.508 e. The lowest BCUT2D eigenvalue weighted by molar-refractivity contribution is -0.187. The molecule has 0 aliphatic carbocycles. The second kappa shape index (κ2) is 27.0. The molecule has 0 bridgehead atoms. The van der Waals surface area contributed by atoms with Gasteiger partial charge in [-0.3, -0.25) is 33.4 Å². The summed E-state index contributed by atoms with van der Waals surface area (Å²) in [7, 11) is 3.42. The standard InChI is InChI=1S/C69H75N15O9/c1-4-28-79-57-35-51(18-23-52(57)38-72-79)40-77-42-60-81(62(86)44-74(2)83(60)68(90)70-36-49-12-7-5-8-13-49)58(66(77)88)34-48-21-26-56(27-22-48)93-64-46-76(31-32-92-64)29-30-80-65-53(39-73-80)16-11-17-54(65)41-78-43-61-82(59(67(78)89)33-47-19-24-55(85)25-20-47)63(87)45-75(3)84(61)69(91)71-37-50-14-9-6-10-15-50/h4-27,35,38-39,58-61,64,85H,1,28-34,36-37,40-46H2,2-3H3,(H,70,90)(H,71,91)/t58-,59-,60-,61-,64?/m0/s1. The van der Waals surface area contributed by atoms with Gasteiger partial charge in [-0.2, -0.15) is 10.2 Å². The van der Waals surface area contributed by atoms with Gasteiger partial charge >= 0.3 is 12.1 Å². The summed E-state index contributed by atoms with van der Waals surface area (Å²) in [5, 5.41) is 33.8. The molecule has 8 aromatic rings. The van der Waals surface area contributed by atoms with Crippen LogP contribution in [0.1, 0.15) is 33.4 Å². The molecule has 0 spiro atoms. The zero-order valence-electron chi connectivity index (χ0n) is 52.0. The van der Waals surface area contributed by atoms with E-state index in [1.54, 1.807) is 90.3 Å². The lowest BCUT2D eigenvalue weighted by Crippen LogP contribution is -2.76. The number of aromatic hydroxyl groups is 1. The van der Waals surface area contributed by atoms with Crippen molar-refractivity contribution in [1.29, 1.82) is 0 Å². The first-order valence-electron chi connectivity index (χ1n) is 31.4.